The van der Waals surface area contributed by atoms with Gasteiger partial charge < -0.3 is 10.5 Å². The summed E-state index contributed by atoms with van der Waals surface area (Å²) in [6, 6.07) is 6.99. The summed E-state index contributed by atoms with van der Waals surface area (Å²) in [7, 11) is 1.33. The van der Waals surface area contributed by atoms with Crippen LogP contribution in [0, 0.1) is 0 Å². The van der Waals surface area contributed by atoms with Gasteiger partial charge in [-0.25, -0.2) is 4.52 Å². The van der Waals surface area contributed by atoms with E-state index in [2.05, 4.69) is 9.84 Å². The van der Waals surface area contributed by atoms with Gasteiger partial charge >= 0.3 is 5.97 Å². The van der Waals surface area contributed by atoms with Gasteiger partial charge in [-0.15, -0.1) is 0 Å². The van der Waals surface area contributed by atoms with E-state index < -0.39 is 12.0 Å². The molecule has 1 atom stereocenters. The number of hydrogen-bond donors (Lipinski definition) is 1. The number of nitrogens with zero attached hydrogens (tertiary/aromatic N) is 2. The summed E-state index contributed by atoms with van der Waals surface area (Å²) in [6.07, 6.45) is 2.12. The maximum absolute atomic E-state index is 11.2. The number of aromatic nitrogens is 2. The lowest BCUT2D eigenvalue weighted by atomic mass is 10.1. The van der Waals surface area contributed by atoms with E-state index in [1.54, 1.807) is 10.7 Å². The SMILES string of the molecule is COC(=O)C(N)Cc1cccc2ccnn12. The third-order valence-corrected chi connectivity index (χ3v) is 2.43. The van der Waals surface area contributed by atoms with Crippen LogP contribution in [0.4, 0.5) is 0 Å². The van der Waals surface area contributed by atoms with E-state index in [4.69, 9.17) is 5.73 Å². The molecule has 0 amide bonds. The molecule has 0 aromatic carbocycles. The van der Waals surface area contributed by atoms with Crippen LogP contribution in [0.3, 0.4) is 0 Å². The molecule has 5 nitrogen and oxygen atoms in total. The molecule has 0 saturated heterocycles. The van der Waals surface area contributed by atoms with Gasteiger partial charge in [-0.05, 0) is 18.2 Å². The Balaban J connectivity index is 2.27. The van der Waals surface area contributed by atoms with Gasteiger partial charge in [-0.3, -0.25) is 4.79 Å². The number of fused-ring (bicyclic) bond motifs is 1. The minimum atomic E-state index is -0.653. The maximum Gasteiger partial charge on any atom is 0.323 e. The largest absolute Gasteiger partial charge is 0.468 e. The molecule has 16 heavy (non-hydrogen) atoms. The second-order valence-electron chi connectivity index (χ2n) is 3.52. The molecule has 0 spiro atoms. The Morgan fingerprint density at radius 2 is 2.38 bits per heavy atom. The lowest BCUT2D eigenvalue weighted by Gasteiger charge is -2.10. The van der Waals surface area contributed by atoms with Crippen molar-refractivity contribution < 1.29 is 9.53 Å². The van der Waals surface area contributed by atoms with Crippen LogP contribution in [0.25, 0.3) is 5.52 Å². The first-order chi connectivity index (χ1) is 7.72. The van der Waals surface area contributed by atoms with Gasteiger partial charge in [0.25, 0.3) is 0 Å². The zero-order valence-electron chi connectivity index (χ0n) is 8.96. The van der Waals surface area contributed by atoms with Gasteiger partial charge in [0, 0.05) is 18.3 Å². The molecule has 2 N–H and O–H groups in total. The number of esters is 1. The highest BCUT2D eigenvalue weighted by Crippen LogP contribution is 2.08. The van der Waals surface area contributed by atoms with E-state index in [0.29, 0.717) is 6.42 Å². The zero-order chi connectivity index (χ0) is 11.5. The molecule has 2 aromatic heterocycles. The number of hydrogen-bond acceptors (Lipinski definition) is 4. The molecule has 0 fully saturated rings. The maximum atomic E-state index is 11.2. The summed E-state index contributed by atoms with van der Waals surface area (Å²) < 4.78 is 6.35. The molecule has 2 rings (SSSR count). The molecular weight excluding hydrogens is 206 g/mol. The molecule has 1 unspecified atom stereocenters. The molecule has 2 aromatic rings. The minimum Gasteiger partial charge on any atom is -0.468 e. The zero-order valence-corrected chi connectivity index (χ0v) is 8.96. The van der Waals surface area contributed by atoms with Gasteiger partial charge in [-0.1, -0.05) is 6.07 Å². The minimum absolute atomic E-state index is 0.408. The number of nitrogens with two attached hydrogens (primary N) is 1. The summed E-state index contributed by atoms with van der Waals surface area (Å²) >= 11 is 0. The van der Waals surface area contributed by atoms with Crippen molar-refractivity contribution >= 4 is 11.5 Å². The number of carbonyl (C=O) groups excluding carboxylic acids is 1. The molecule has 0 aliphatic rings. The Bertz CT molecular complexity index is 507. The highest BCUT2D eigenvalue weighted by molar-refractivity contribution is 5.75. The van der Waals surface area contributed by atoms with E-state index >= 15 is 0 Å². The topological polar surface area (TPSA) is 69.6 Å². The molecule has 0 radical (unpaired) electrons. The molecule has 0 saturated carbocycles. The van der Waals surface area contributed by atoms with Gasteiger partial charge in [-0.2, -0.15) is 5.10 Å². The van der Waals surface area contributed by atoms with Gasteiger partial charge in [0.05, 0.1) is 12.6 Å². The average Bonchev–Trinajstić information content (AvgIpc) is 2.77. The number of ether oxygens (including phenoxy) is 1. The number of carbonyl (C=O) groups is 1. The first-order valence-electron chi connectivity index (χ1n) is 4.97. The van der Waals surface area contributed by atoms with Crippen LogP contribution in [-0.2, 0) is 16.0 Å². The summed E-state index contributed by atoms with van der Waals surface area (Å²) in [6.45, 7) is 0. The monoisotopic (exact) mass is 219 g/mol. The summed E-state index contributed by atoms with van der Waals surface area (Å²) in [5.74, 6) is -0.413. The summed E-state index contributed by atoms with van der Waals surface area (Å²) in [4.78, 5) is 11.2. The van der Waals surface area contributed by atoms with Crippen LogP contribution in [0.1, 0.15) is 5.69 Å². The molecule has 84 valence electrons. The summed E-state index contributed by atoms with van der Waals surface area (Å²) in [5, 5.41) is 4.17. The van der Waals surface area contributed by atoms with Crippen molar-refractivity contribution in [3.63, 3.8) is 0 Å². The third-order valence-electron chi connectivity index (χ3n) is 2.43. The number of pyridine rings is 1. The molecular formula is C11H13N3O2. The van der Waals surface area contributed by atoms with Crippen LogP contribution in [-0.4, -0.2) is 28.7 Å². The predicted molar refractivity (Wildman–Crippen MR) is 58.9 cm³/mol. The van der Waals surface area contributed by atoms with Crippen LogP contribution in [0.5, 0.6) is 0 Å². The van der Waals surface area contributed by atoms with Crippen molar-refractivity contribution in [1.29, 1.82) is 0 Å². The molecule has 0 aliphatic heterocycles. The Morgan fingerprint density at radius 1 is 1.56 bits per heavy atom. The lowest BCUT2D eigenvalue weighted by molar-refractivity contribution is -0.142. The third kappa shape index (κ3) is 1.90. The van der Waals surface area contributed by atoms with E-state index in [9.17, 15) is 4.79 Å². The van der Waals surface area contributed by atoms with E-state index in [1.807, 2.05) is 24.3 Å². The first kappa shape index (κ1) is 10.6. The highest BCUT2D eigenvalue weighted by atomic mass is 16.5. The summed E-state index contributed by atoms with van der Waals surface area (Å²) in [5.41, 5.74) is 7.57. The van der Waals surface area contributed by atoms with Gasteiger partial charge in [0.15, 0.2) is 0 Å². The van der Waals surface area contributed by atoms with Crippen molar-refractivity contribution in [2.75, 3.05) is 7.11 Å². The molecule has 0 bridgehead atoms. The van der Waals surface area contributed by atoms with Gasteiger partial charge in [0.2, 0.25) is 0 Å². The Hall–Kier alpha value is -1.88. The van der Waals surface area contributed by atoms with Gasteiger partial charge in [0.1, 0.15) is 6.04 Å². The normalized spacial score (nSPS) is 12.6. The van der Waals surface area contributed by atoms with Crippen LogP contribution in [0.15, 0.2) is 30.5 Å². The van der Waals surface area contributed by atoms with E-state index in [-0.39, 0.29) is 0 Å². The lowest BCUT2D eigenvalue weighted by Crippen LogP contribution is -2.34. The molecule has 5 heteroatoms. The Labute approximate surface area is 92.8 Å². The number of methoxy groups -OCH3 is 1. The fraction of sp³-hybridized carbons (Fsp3) is 0.273. The molecule has 0 aliphatic carbocycles. The van der Waals surface area contributed by atoms with Crippen LogP contribution in [0.2, 0.25) is 0 Å². The van der Waals surface area contributed by atoms with E-state index in [1.165, 1.54) is 7.11 Å². The van der Waals surface area contributed by atoms with Crippen molar-refractivity contribution in [1.82, 2.24) is 9.61 Å². The standard InChI is InChI=1S/C11H13N3O2/c1-16-11(15)10(12)7-9-4-2-3-8-5-6-13-14(8)9/h2-6,10H,7,12H2,1H3. The first-order valence-corrected chi connectivity index (χ1v) is 4.97. The fourth-order valence-corrected chi connectivity index (χ4v) is 1.62. The quantitative estimate of drug-likeness (QED) is 0.757. The average molecular weight is 219 g/mol. The van der Waals surface area contributed by atoms with Crippen molar-refractivity contribution in [2.45, 2.75) is 12.5 Å². The van der Waals surface area contributed by atoms with Crippen LogP contribution < -0.4 is 5.73 Å². The van der Waals surface area contributed by atoms with Crippen LogP contribution >= 0.6 is 0 Å². The van der Waals surface area contributed by atoms with Crippen molar-refractivity contribution in [2.24, 2.45) is 5.73 Å². The predicted octanol–water partition coefficient (Wildman–Crippen LogP) is 0.377. The smallest absolute Gasteiger partial charge is 0.323 e. The fourth-order valence-electron chi connectivity index (χ4n) is 1.62. The highest BCUT2D eigenvalue weighted by Gasteiger charge is 2.15. The Kier molecular flexibility index (Phi) is 2.87. The number of rotatable bonds is 3. The van der Waals surface area contributed by atoms with E-state index in [0.717, 1.165) is 11.2 Å². The Morgan fingerprint density at radius 3 is 3.12 bits per heavy atom. The second-order valence-corrected chi connectivity index (χ2v) is 3.52. The van der Waals surface area contributed by atoms with Crippen molar-refractivity contribution in [3.8, 4) is 0 Å². The molecule has 2 heterocycles. The van der Waals surface area contributed by atoms with Crippen molar-refractivity contribution in [3.05, 3.63) is 36.2 Å². The second kappa shape index (κ2) is 4.32.